The van der Waals surface area contributed by atoms with E-state index in [1.54, 1.807) is 18.3 Å². The molecule has 0 atom stereocenters. The van der Waals surface area contributed by atoms with Crippen molar-refractivity contribution in [3.63, 3.8) is 0 Å². The van der Waals surface area contributed by atoms with Crippen LogP contribution in [0, 0.1) is 13.8 Å². The highest BCUT2D eigenvalue weighted by molar-refractivity contribution is 7.89. The first-order valence-corrected chi connectivity index (χ1v) is 11.8. The van der Waals surface area contributed by atoms with Gasteiger partial charge in [-0.1, -0.05) is 36.4 Å². The number of imidazole rings is 1. The molecule has 0 aliphatic heterocycles. The molecule has 160 valence electrons. The van der Waals surface area contributed by atoms with Gasteiger partial charge < -0.3 is 4.57 Å². The highest BCUT2D eigenvalue weighted by atomic mass is 32.2. The molecule has 7 heteroatoms. The third kappa shape index (κ3) is 4.84. The summed E-state index contributed by atoms with van der Waals surface area (Å²) in [7, 11) is -3.58. The molecule has 2 aromatic heterocycles. The number of pyridine rings is 1. The van der Waals surface area contributed by atoms with Gasteiger partial charge in [0, 0.05) is 25.7 Å². The van der Waals surface area contributed by atoms with E-state index < -0.39 is 10.0 Å². The molecule has 4 rings (SSSR count). The largest absolute Gasteiger partial charge is 0.311 e. The Labute approximate surface area is 183 Å². The van der Waals surface area contributed by atoms with Gasteiger partial charge in [-0.25, -0.2) is 23.1 Å². The molecule has 0 fully saturated rings. The number of rotatable bonds is 8. The Kier molecular flexibility index (Phi) is 6.15. The molecule has 0 radical (unpaired) electrons. The van der Waals surface area contributed by atoms with Crippen LogP contribution < -0.4 is 4.72 Å². The van der Waals surface area contributed by atoms with E-state index >= 15 is 0 Å². The standard InChI is InChI=1S/C24H26N4O2S/c1-18-10-12-21(17-19(18)2)31(29,30)26-15-16-28-23(13-11-20-7-4-3-5-8-20)27-22-9-6-14-25-24(22)28/h3-10,12,14,17,26H,11,13,15-16H2,1-2H3. The van der Waals surface area contributed by atoms with E-state index in [0.717, 1.165) is 41.0 Å². The maximum Gasteiger partial charge on any atom is 0.240 e. The zero-order valence-corrected chi connectivity index (χ0v) is 18.6. The van der Waals surface area contributed by atoms with Crippen molar-refractivity contribution in [3.8, 4) is 0 Å². The zero-order valence-electron chi connectivity index (χ0n) is 17.7. The molecule has 0 aliphatic rings. The maximum absolute atomic E-state index is 12.7. The van der Waals surface area contributed by atoms with Crippen LogP contribution in [0.4, 0.5) is 0 Å². The second kappa shape index (κ2) is 8.99. The number of aryl methyl sites for hydroxylation is 4. The Morgan fingerprint density at radius 2 is 1.74 bits per heavy atom. The molecule has 0 unspecified atom stereocenters. The SMILES string of the molecule is Cc1ccc(S(=O)(=O)NCCn2c(CCc3ccccc3)nc3cccnc32)cc1C. The van der Waals surface area contributed by atoms with E-state index in [4.69, 9.17) is 4.98 Å². The van der Waals surface area contributed by atoms with E-state index in [1.165, 1.54) is 5.56 Å². The van der Waals surface area contributed by atoms with Crippen LogP contribution in [0.5, 0.6) is 0 Å². The molecule has 0 spiro atoms. The average Bonchev–Trinajstić information content (AvgIpc) is 3.12. The van der Waals surface area contributed by atoms with Crippen LogP contribution in [-0.4, -0.2) is 29.5 Å². The summed E-state index contributed by atoms with van der Waals surface area (Å²) >= 11 is 0. The predicted octanol–water partition coefficient (Wildman–Crippen LogP) is 3.81. The van der Waals surface area contributed by atoms with Gasteiger partial charge in [-0.15, -0.1) is 0 Å². The van der Waals surface area contributed by atoms with Crippen LogP contribution >= 0.6 is 0 Å². The quantitative estimate of drug-likeness (QED) is 0.457. The summed E-state index contributed by atoms with van der Waals surface area (Å²) in [5, 5.41) is 0. The topological polar surface area (TPSA) is 76.9 Å². The maximum atomic E-state index is 12.7. The molecule has 0 aliphatic carbocycles. The lowest BCUT2D eigenvalue weighted by Crippen LogP contribution is -2.28. The predicted molar refractivity (Wildman–Crippen MR) is 122 cm³/mol. The van der Waals surface area contributed by atoms with Crippen LogP contribution in [0.1, 0.15) is 22.5 Å². The number of nitrogens with one attached hydrogen (secondary N) is 1. The highest BCUT2D eigenvalue weighted by Crippen LogP contribution is 2.17. The average molecular weight is 435 g/mol. The highest BCUT2D eigenvalue weighted by Gasteiger charge is 2.16. The van der Waals surface area contributed by atoms with Crippen LogP contribution in [0.3, 0.4) is 0 Å². The number of sulfonamides is 1. The molecule has 0 saturated carbocycles. The zero-order chi connectivity index (χ0) is 21.8. The Morgan fingerprint density at radius 3 is 2.52 bits per heavy atom. The second-order valence-corrected chi connectivity index (χ2v) is 9.42. The Bertz CT molecular complexity index is 1300. The molecule has 0 bridgehead atoms. The van der Waals surface area contributed by atoms with Gasteiger partial charge in [0.05, 0.1) is 4.90 Å². The molecule has 2 aromatic carbocycles. The van der Waals surface area contributed by atoms with Gasteiger partial charge in [0.2, 0.25) is 10.0 Å². The first-order chi connectivity index (χ1) is 14.9. The second-order valence-electron chi connectivity index (χ2n) is 7.66. The fourth-order valence-electron chi connectivity index (χ4n) is 3.59. The number of nitrogens with zero attached hydrogens (tertiary/aromatic N) is 3. The smallest absolute Gasteiger partial charge is 0.240 e. The molecule has 6 nitrogen and oxygen atoms in total. The summed E-state index contributed by atoms with van der Waals surface area (Å²) in [4.78, 5) is 9.51. The molecule has 2 heterocycles. The van der Waals surface area contributed by atoms with Crippen LogP contribution in [-0.2, 0) is 29.4 Å². The van der Waals surface area contributed by atoms with Gasteiger partial charge in [-0.05, 0) is 61.2 Å². The van der Waals surface area contributed by atoms with Crippen molar-refractivity contribution in [1.29, 1.82) is 0 Å². The summed E-state index contributed by atoms with van der Waals surface area (Å²) in [6, 6.07) is 19.2. The van der Waals surface area contributed by atoms with Crippen molar-refractivity contribution in [2.24, 2.45) is 0 Å². The molecule has 0 saturated heterocycles. The van der Waals surface area contributed by atoms with Crippen LogP contribution in [0.2, 0.25) is 0 Å². The summed E-state index contributed by atoms with van der Waals surface area (Å²) in [6.07, 6.45) is 3.35. The van der Waals surface area contributed by atoms with Crippen molar-refractivity contribution >= 4 is 21.2 Å². The van der Waals surface area contributed by atoms with Crippen LogP contribution in [0.15, 0.2) is 71.8 Å². The minimum atomic E-state index is -3.58. The monoisotopic (exact) mass is 434 g/mol. The summed E-state index contributed by atoms with van der Waals surface area (Å²) in [5.41, 5.74) is 4.86. The number of fused-ring (bicyclic) bond motifs is 1. The summed E-state index contributed by atoms with van der Waals surface area (Å²) < 4.78 is 30.2. The molecule has 1 N–H and O–H groups in total. The normalized spacial score (nSPS) is 11.8. The van der Waals surface area contributed by atoms with Gasteiger partial charge in [0.1, 0.15) is 11.3 Å². The van der Waals surface area contributed by atoms with Gasteiger partial charge in [-0.3, -0.25) is 0 Å². The van der Waals surface area contributed by atoms with E-state index in [-0.39, 0.29) is 11.4 Å². The molecule has 0 amide bonds. The lowest BCUT2D eigenvalue weighted by molar-refractivity contribution is 0.570. The Hall–Kier alpha value is -3.03. The van der Waals surface area contributed by atoms with E-state index in [1.807, 2.05) is 54.8 Å². The van der Waals surface area contributed by atoms with Crippen molar-refractivity contribution in [2.75, 3.05) is 6.54 Å². The molecule has 4 aromatic rings. The van der Waals surface area contributed by atoms with Gasteiger partial charge in [-0.2, -0.15) is 0 Å². The van der Waals surface area contributed by atoms with Crippen molar-refractivity contribution in [2.45, 2.75) is 38.1 Å². The fraction of sp³-hybridized carbons (Fsp3) is 0.250. The number of benzene rings is 2. The number of hydrogen-bond acceptors (Lipinski definition) is 4. The van der Waals surface area contributed by atoms with E-state index in [0.29, 0.717) is 6.54 Å². The molecular formula is C24H26N4O2S. The fourth-order valence-corrected chi connectivity index (χ4v) is 4.69. The van der Waals surface area contributed by atoms with Gasteiger partial charge in [0.25, 0.3) is 0 Å². The van der Waals surface area contributed by atoms with Crippen LogP contribution in [0.25, 0.3) is 11.2 Å². The summed E-state index contributed by atoms with van der Waals surface area (Å²) in [6.45, 7) is 4.60. The van der Waals surface area contributed by atoms with Crippen molar-refractivity contribution in [1.82, 2.24) is 19.3 Å². The lowest BCUT2D eigenvalue weighted by Gasteiger charge is -2.11. The third-order valence-corrected chi connectivity index (χ3v) is 6.94. The first-order valence-electron chi connectivity index (χ1n) is 10.3. The van der Waals surface area contributed by atoms with E-state index in [9.17, 15) is 8.42 Å². The third-order valence-electron chi connectivity index (χ3n) is 5.48. The van der Waals surface area contributed by atoms with E-state index in [2.05, 4.69) is 21.8 Å². The van der Waals surface area contributed by atoms with Gasteiger partial charge >= 0.3 is 0 Å². The van der Waals surface area contributed by atoms with Crippen molar-refractivity contribution in [3.05, 3.63) is 89.4 Å². The van der Waals surface area contributed by atoms with Crippen molar-refractivity contribution < 1.29 is 8.42 Å². The number of hydrogen-bond donors (Lipinski definition) is 1. The number of aromatic nitrogens is 3. The first kappa shape index (κ1) is 21.2. The molecular weight excluding hydrogens is 408 g/mol. The summed E-state index contributed by atoms with van der Waals surface area (Å²) in [5.74, 6) is 0.905. The minimum absolute atomic E-state index is 0.260. The minimum Gasteiger partial charge on any atom is -0.311 e. The lowest BCUT2D eigenvalue weighted by atomic mass is 10.1. The molecule has 31 heavy (non-hydrogen) atoms. The Morgan fingerprint density at radius 1 is 0.935 bits per heavy atom. The Balaban J connectivity index is 1.51. The van der Waals surface area contributed by atoms with Gasteiger partial charge in [0.15, 0.2) is 5.65 Å².